The van der Waals surface area contributed by atoms with E-state index >= 15 is 0 Å². The van der Waals surface area contributed by atoms with E-state index in [1.807, 2.05) is 4.57 Å². The summed E-state index contributed by atoms with van der Waals surface area (Å²) in [6.45, 7) is 1.45. The van der Waals surface area contributed by atoms with Gasteiger partial charge in [-0.15, -0.1) is 10.2 Å². The highest BCUT2D eigenvalue weighted by molar-refractivity contribution is 5.21. The van der Waals surface area contributed by atoms with Crippen molar-refractivity contribution in [2.75, 3.05) is 13.7 Å². The fourth-order valence-electron chi connectivity index (χ4n) is 1.91. The van der Waals surface area contributed by atoms with E-state index in [2.05, 4.69) is 10.2 Å². The third kappa shape index (κ3) is 3.15. The van der Waals surface area contributed by atoms with Crippen molar-refractivity contribution in [3.8, 4) is 0 Å². The molecule has 1 heterocycles. The van der Waals surface area contributed by atoms with Crippen LogP contribution >= 0.6 is 0 Å². The normalized spacial score (nSPS) is 10.9. The lowest BCUT2D eigenvalue weighted by Crippen LogP contribution is -2.14. The van der Waals surface area contributed by atoms with Crippen molar-refractivity contribution in [2.45, 2.75) is 19.5 Å². The van der Waals surface area contributed by atoms with Crippen LogP contribution in [-0.2, 0) is 24.2 Å². The molecule has 1 aromatic heterocycles. The Morgan fingerprint density at radius 2 is 2.00 bits per heavy atom. The van der Waals surface area contributed by atoms with E-state index in [0.29, 0.717) is 43.3 Å². The van der Waals surface area contributed by atoms with Crippen molar-refractivity contribution < 1.29 is 9.13 Å². The number of hydrogen-bond acceptors (Lipinski definition) is 4. The minimum absolute atomic E-state index is 0.238. The van der Waals surface area contributed by atoms with E-state index in [9.17, 15) is 4.39 Å². The number of ether oxygens (including phenoxy) is 1. The van der Waals surface area contributed by atoms with E-state index < -0.39 is 0 Å². The topological polar surface area (TPSA) is 66.0 Å². The molecule has 0 aliphatic heterocycles. The lowest BCUT2D eigenvalue weighted by Gasteiger charge is -2.09. The van der Waals surface area contributed by atoms with E-state index in [1.54, 1.807) is 25.3 Å². The molecule has 2 rings (SSSR count). The molecule has 0 fully saturated rings. The zero-order chi connectivity index (χ0) is 13.7. The van der Waals surface area contributed by atoms with Gasteiger partial charge in [0.2, 0.25) is 0 Å². The van der Waals surface area contributed by atoms with E-state index in [0.717, 1.165) is 0 Å². The molecule has 5 nitrogen and oxygen atoms in total. The predicted molar refractivity (Wildman–Crippen MR) is 69.0 cm³/mol. The summed E-state index contributed by atoms with van der Waals surface area (Å²) in [5.74, 6) is 1.14. The van der Waals surface area contributed by atoms with Crippen LogP contribution in [0.25, 0.3) is 0 Å². The Hall–Kier alpha value is -1.79. The highest BCUT2D eigenvalue weighted by atomic mass is 19.1. The lowest BCUT2D eigenvalue weighted by molar-refractivity contribution is 0.185. The minimum atomic E-state index is -0.238. The number of nitrogens with two attached hydrogens (primary N) is 1. The van der Waals surface area contributed by atoms with Gasteiger partial charge in [0.25, 0.3) is 0 Å². The first-order chi connectivity index (χ1) is 9.26. The minimum Gasteiger partial charge on any atom is -0.383 e. The summed E-state index contributed by atoms with van der Waals surface area (Å²) in [6, 6.07) is 6.65. The molecular weight excluding hydrogens is 247 g/mol. The van der Waals surface area contributed by atoms with E-state index in [4.69, 9.17) is 10.5 Å². The monoisotopic (exact) mass is 264 g/mol. The maximum Gasteiger partial charge on any atom is 0.146 e. The Kier molecular flexibility index (Phi) is 4.59. The Morgan fingerprint density at radius 1 is 1.26 bits per heavy atom. The molecule has 0 bridgehead atoms. The Labute approximate surface area is 111 Å². The number of nitrogens with zero attached hydrogens (tertiary/aromatic N) is 3. The summed E-state index contributed by atoms with van der Waals surface area (Å²) in [7, 11) is 1.63. The van der Waals surface area contributed by atoms with Crippen LogP contribution in [0.2, 0.25) is 0 Å². The van der Waals surface area contributed by atoms with Crippen molar-refractivity contribution >= 4 is 0 Å². The second-order valence-electron chi connectivity index (χ2n) is 4.15. The Balaban J connectivity index is 2.24. The van der Waals surface area contributed by atoms with Gasteiger partial charge in [0, 0.05) is 20.1 Å². The van der Waals surface area contributed by atoms with Gasteiger partial charge in [-0.1, -0.05) is 18.2 Å². The highest BCUT2D eigenvalue weighted by Crippen LogP contribution is 2.13. The summed E-state index contributed by atoms with van der Waals surface area (Å²) in [5.41, 5.74) is 6.22. The van der Waals surface area contributed by atoms with Gasteiger partial charge in [0.05, 0.1) is 13.2 Å². The molecule has 0 spiro atoms. The number of methoxy groups -OCH3 is 1. The fourth-order valence-corrected chi connectivity index (χ4v) is 1.91. The summed E-state index contributed by atoms with van der Waals surface area (Å²) in [6.07, 6.45) is 0.392. The average molecular weight is 264 g/mol. The molecular formula is C13H17FN4O. The largest absolute Gasteiger partial charge is 0.383 e. The van der Waals surface area contributed by atoms with Crippen LogP contribution in [-0.4, -0.2) is 28.5 Å². The molecule has 0 aliphatic carbocycles. The lowest BCUT2D eigenvalue weighted by atomic mass is 10.1. The van der Waals surface area contributed by atoms with Crippen molar-refractivity contribution in [1.29, 1.82) is 0 Å². The third-order valence-corrected chi connectivity index (χ3v) is 2.91. The van der Waals surface area contributed by atoms with Crippen LogP contribution < -0.4 is 5.73 Å². The molecule has 0 aliphatic rings. The average Bonchev–Trinajstić information content (AvgIpc) is 2.81. The van der Waals surface area contributed by atoms with Gasteiger partial charge in [0.15, 0.2) is 0 Å². The summed E-state index contributed by atoms with van der Waals surface area (Å²) < 4.78 is 20.6. The van der Waals surface area contributed by atoms with Crippen LogP contribution in [0.3, 0.4) is 0 Å². The molecule has 0 radical (unpaired) electrons. The van der Waals surface area contributed by atoms with Gasteiger partial charge in [-0.3, -0.25) is 0 Å². The first-order valence-electron chi connectivity index (χ1n) is 6.09. The number of hydrogen-bond donors (Lipinski definition) is 1. The zero-order valence-electron chi connectivity index (χ0n) is 10.8. The molecule has 0 amide bonds. The number of aromatic nitrogens is 3. The molecule has 0 saturated carbocycles. The maximum absolute atomic E-state index is 13.6. The Morgan fingerprint density at radius 3 is 2.68 bits per heavy atom. The van der Waals surface area contributed by atoms with Gasteiger partial charge >= 0.3 is 0 Å². The molecule has 0 saturated heterocycles. The molecule has 19 heavy (non-hydrogen) atoms. The van der Waals surface area contributed by atoms with Gasteiger partial charge < -0.3 is 15.0 Å². The van der Waals surface area contributed by atoms with Crippen LogP contribution in [0.15, 0.2) is 24.3 Å². The van der Waals surface area contributed by atoms with Gasteiger partial charge in [-0.05, 0) is 11.6 Å². The van der Waals surface area contributed by atoms with Crippen molar-refractivity contribution in [2.24, 2.45) is 5.73 Å². The van der Waals surface area contributed by atoms with Gasteiger partial charge in [-0.2, -0.15) is 0 Å². The first kappa shape index (κ1) is 13.6. The highest BCUT2D eigenvalue weighted by Gasteiger charge is 2.12. The quantitative estimate of drug-likeness (QED) is 0.849. The standard InChI is InChI=1S/C13H17FN4O/c1-19-7-6-18-12(16-17-13(18)9-15)8-10-4-2-3-5-11(10)14/h2-5H,6-9,15H2,1H3. The van der Waals surface area contributed by atoms with Crippen LogP contribution in [0, 0.1) is 5.82 Å². The van der Waals surface area contributed by atoms with Crippen molar-refractivity contribution in [3.63, 3.8) is 0 Å². The molecule has 0 atom stereocenters. The molecule has 0 unspecified atom stereocenters. The maximum atomic E-state index is 13.6. The molecule has 1 aromatic carbocycles. The molecule has 2 aromatic rings. The van der Waals surface area contributed by atoms with Crippen LogP contribution in [0.5, 0.6) is 0 Å². The SMILES string of the molecule is COCCn1c(CN)nnc1Cc1ccccc1F. The third-order valence-electron chi connectivity index (χ3n) is 2.91. The Bertz CT molecular complexity index is 541. The molecule has 102 valence electrons. The number of benzene rings is 1. The first-order valence-corrected chi connectivity index (χ1v) is 6.09. The summed E-state index contributed by atoms with van der Waals surface area (Å²) in [4.78, 5) is 0. The van der Waals surface area contributed by atoms with Crippen LogP contribution in [0.1, 0.15) is 17.2 Å². The van der Waals surface area contributed by atoms with Crippen molar-refractivity contribution in [3.05, 3.63) is 47.3 Å². The van der Waals surface area contributed by atoms with Crippen LogP contribution in [0.4, 0.5) is 4.39 Å². The number of halogens is 1. The molecule has 2 N–H and O–H groups in total. The van der Waals surface area contributed by atoms with E-state index in [1.165, 1.54) is 6.07 Å². The fraction of sp³-hybridized carbons (Fsp3) is 0.385. The smallest absolute Gasteiger partial charge is 0.146 e. The predicted octanol–water partition coefficient (Wildman–Crippen LogP) is 1.11. The second-order valence-corrected chi connectivity index (χ2v) is 4.15. The second kappa shape index (κ2) is 6.40. The van der Waals surface area contributed by atoms with Gasteiger partial charge in [-0.25, -0.2) is 4.39 Å². The van der Waals surface area contributed by atoms with Crippen molar-refractivity contribution in [1.82, 2.24) is 14.8 Å². The summed E-state index contributed by atoms with van der Waals surface area (Å²) >= 11 is 0. The molecule has 6 heteroatoms. The van der Waals surface area contributed by atoms with Gasteiger partial charge in [0.1, 0.15) is 17.5 Å². The van der Waals surface area contributed by atoms with E-state index in [-0.39, 0.29) is 5.82 Å². The zero-order valence-corrected chi connectivity index (χ0v) is 10.8. The summed E-state index contributed by atoms with van der Waals surface area (Å²) in [5, 5.41) is 8.11. The number of rotatable bonds is 6.